The number of nitriles is 1. The molecule has 3 heterocycles. The molecule has 0 saturated carbocycles. The molecule has 3 atom stereocenters. The molecule has 1 amide bonds. The number of fused-ring (bicyclic) bond motifs is 1. The van der Waals surface area contributed by atoms with E-state index >= 15 is 0 Å². The second kappa shape index (κ2) is 11.3. The van der Waals surface area contributed by atoms with Crippen LogP contribution in [0, 0.1) is 23.1 Å². The molecule has 39 heavy (non-hydrogen) atoms. The third-order valence-electron chi connectivity index (χ3n) is 7.50. The second-order valence-electron chi connectivity index (χ2n) is 10.6. The molecule has 1 saturated heterocycles. The number of nitrogens with one attached hydrogen (secondary N) is 1. The van der Waals surface area contributed by atoms with Crippen molar-refractivity contribution in [3.05, 3.63) is 29.3 Å². The summed E-state index contributed by atoms with van der Waals surface area (Å²) >= 11 is 1.74. The Morgan fingerprint density at radius 2 is 2.05 bits per heavy atom. The van der Waals surface area contributed by atoms with Crippen molar-refractivity contribution in [3.63, 3.8) is 0 Å². The highest BCUT2D eigenvalue weighted by atomic mass is 32.2. The third-order valence-corrected chi connectivity index (χ3v) is 8.49. The third kappa shape index (κ3) is 6.17. The zero-order valence-electron chi connectivity index (χ0n) is 21.9. The number of amides is 1. The molecule has 0 bridgehead atoms. The molecule has 2 aliphatic rings. The van der Waals surface area contributed by atoms with Crippen molar-refractivity contribution in [1.82, 2.24) is 20.1 Å². The Bertz CT molecular complexity index is 1250. The van der Waals surface area contributed by atoms with E-state index in [1.165, 1.54) is 0 Å². The number of rotatable bonds is 8. The predicted octanol–water partition coefficient (Wildman–Crippen LogP) is 4.37. The van der Waals surface area contributed by atoms with Crippen molar-refractivity contribution >= 4 is 17.7 Å². The Labute approximate surface area is 228 Å². The van der Waals surface area contributed by atoms with Gasteiger partial charge in [0, 0.05) is 35.2 Å². The molecule has 2 N–H and O–H groups in total. The van der Waals surface area contributed by atoms with E-state index in [0.29, 0.717) is 36.9 Å². The SMILES string of the molecule is CC(n1nc(-c2cc(OC(F)C(F)F)ncc2F)c2c1CC(C(=O)NC1(C#N)CCSCC1)CC2)C(C)(C)O. The van der Waals surface area contributed by atoms with Gasteiger partial charge in [0.05, 0.1) is 29.6 Å². The molecular weight excluding hydrogens is 538 g/mol. The fraction of sp³-hybridized carbons (Fsp3) is 0.615. The summed E-state index contributed by atoms with van der Waals surface area (Å²) in [7, 11) is 0. The standard InChI is InChI=1S/C26H31F4N5O3S/c1-14(25(2,3)37)35-19-10-15(24(36)33-26(13-31)6-8-39-9-7-26)4-5-16(19)21(34-35)17-11-20(32-12-18(17)27)38-23(30)22(28)29/h11-12,14-15,22-23,37H,4-10H2,1-3H3,(H,33,36). The van der Waals surface area contributed by atoms with Crippen LogP contribution in [0.4, 0.5) is 17.6 Å². The van der Waals surface area contributed by atoms with Crippen molar-refractivity contribution in [2.24, 2.45) is 5.92 Å². The van der Waals surface area contributed by atoms with Gasteiger partial charge in [-0.2, -0.15) is 26.5 Å². The average molecular weight is 570 g/mol. The number of halogens is 4. The number of carbonyl (C=O) groups excluding carboxylic acids is 1. The molecule has 0 spiro atoms. The summed E-state index contributed by atoms with van der Waals surface area (Å²) in [6, 6.07) is 2.72. The van der Waals surface area contributed by atoms with Gasteiger partial charge in [-0.3, -0.25) is 9.48 Å². The van der Waals surface area contributed by atoms with Crippen molar-refractivity contribution in [2.45, 2.75) is 82.8 Å². The van der Waals surface area contributed by atoms with Crippen LogP contribution in [0.1, 0.15) is 57.3 Å². The summed E-state index contributed by atoms with van der Waals surface area (Å²) in [4.78, 5) is 16.9. The van der Waals surface area contributed by atoms with E-state index in [-0.39, 0.29) is 23.6 Å². The monoisotopic (exact) mass is 569 g/mol. The van der Waals surface area contributed by atoms with Crippen LogP contribution in [0.2, 0.25) is 0 Å². The maximum absolute atomic E-state index is 15.0. The van der Waals surface area contributed by atoms with Crippen molar-refractivity contribution in [1.29, 1.82) is 5.26 Å². The van der Waals surface area contributed by atoms with Crippen molar-refractivity contribution in [2.75, 3.05) is 11.5 Å². The molecule has 1 aliphatic carbocycles. The molecule has 2 aromatic heterocycles. The highest BCUT2D eigenvalue weighted by molar-refractivity contribution is 7.99. The van der Waals surface area contributed by atoms with Gasteiger partial charge in [-0.25, -0.2) is 18.2 Å². The molecule has 0 radical (unpaired) electrons. The fourth-order valence-electron chi connectivity index (χ4n) is 4.85. The van der Waals surface area contributed by atoms with Gasteiger partial charge in [-0.1, -0.05) is 0 Å². The molecule has 13 heteroatoms. The lowest BCUT2D eigenvalue weighted by Crippen LogP contribution is -2.52. The van der Waals surface area contributed by atoms with Crippen molar-refractivity contribution < 1.29 is 32.2 Å². The number of carbonyl (C=O) groups is 1. The first-order valence-electron chi connectivity index (χ1n) is 12.7. The summed E-state index contributed by atoms with van der Waals surface area (Å²) < 4.78 is 59.8. The molecule has 1 aliphatic heterocycles. The minimum absolute atomic E-state index is 0.120. The van der Waals surface area contributed by atoms with Crippen molar-refractivity contribution in [3.8, 4) is 23.2 Å². The number of pyridine rings is 1. The van der Waals surface area contributed by atoms with Crippen LogP contribution in [0.5, 0.6) is 5.88 Å². The van der Waals surface area contributed by atoms with E-state index < -0.39 is 47.6 Å². The molecule has 4 rings (SSSR count). The van der Waals surface area contributed by atoms with Gasteiger partial charge in [-0.15, -0.1) is 0 Å². The van der Waals surface area contributed by atoms with Gasteiger partial charge in [0.2, 0.25) is 11.8 Å². The Kier molecular flexibility index (Phi) is 8.47. The van der Waals surface area contributed by atoms with Crippen LogP contribution in [0.15, 0.2) is 12.3 Å². The van der Waals surface area contributed by atoms with Crippen LogP contribution in [-0.2, 0) is 17.6 Å². The van der Waals surface area contributed by atoms with Crippen LogP contribution in [0.25, 0.3) is 11.3 Å². The Hall–Kier alpha value is -2.85. The van der Waals surface area contributed by atoms with Gasteiger partial charge in [0.15, 0.2) is 5.82 Å². The lowest BCUT2D eigenvalue weighted by atomic mass is 9.83. The van der Waals surface area contributed by atoms with Gasteiger partial charge in [-0.05, 0) is 58.0 Å². The van der Waals surface area contributed by atoms with E-state index in [1.807, 2.05) is 0 Å². The fourth-order valence-corrected chi connectivity index (χ4v) is 6.04. The maximum atomic E-state index is 15.0. The molecule has 2 aromatic rings. The second-order valence-corrected chi connectivity index (χ2v) is 11.8. The highest BCUT2D eigenvalue weighted by Gasteiger charge is 2.39. The summed E-state index contributed by atoms with van der Waals surface area (Å²) in [6.45, 7) is 4.93. The molecular formula is C26H31F4N5O3S. The number of hydrogen-bond acceptors (Lipinski definition) is 7. The first kappa shape index (κ1) is 29.1. The smallest absolute Gasteiger partial charge is 0.304 e. The lowest BCUT2D eigenvalue weighted by molar-refractivity contribution is -0.126. The van der Waals surface area contributed by atoms with E-state index in [1.54, 1.807) is 37.2 Å². The Balaban J connectivity index is 1.70. The minimum atomic E-state index is -3.41. The normalized spacial score (nSPS) is 20.6. The minimum Gasteiger partial charge on any atom is -0.437 e. The summed E-state index contributed by atoms with van der Waals surface area (Å²) in [5.41, 5.74) is -0.842. The average Bonchev–Trinajstić information content (AvgIpc) is 3.27. The molecule has 1 fully saturated rings. The molecule has 212 valence electrons. The quantitative estimate of drug-likeness (QED) is 0.454. The lowest BCUT2D eigenvalue weighted by Gasteiger charge is -2.34. The summed E-state index contributed by atoms with van der Waals surface area (Å²) in [6.07, 6.45) is -3.50. The van der Waals surface area contributed by atoms with Crippen LogP contribution in [-0.4, -0.2) is 61.2 Å². The number of thioether (sulfide) groups is 1. The first-order chi connectivity index (χ1) is 18.3. The molecule has 3 unspecified atom stereocenters. The Morgan fingerprint density at radius 3 is 2.67 bits per heavy atom. The van der Waals surface area contributed by atoms with E-state index in [0.717, 1.165) is 23.8 Å². The number of aromatic nitrogens is 3. The van der Waals surface area contributed by atoms with E-state index in [2.05, 4.69) is 26.2 Å². The number of alkyl halides is 3. The topological polar surface area (TPSA) is 113 Å². The summed E-state index contributed by atoms with van der Waals surface area (Å²) in [5.74, 6) is -0.500. The number of nitrogens with zero attached hydrogens (tertiary/aromatic N) is 4. The van der Waals surface area contributed by atoms with Gasteiger partial charge in [0.1, 0.15) is 5.54 Å². The predicted molar refractivity (Wildman–Crippen MR) is 137 cm³/mol. The van der Waals surface area contributed by atoms with Gasteiger partial charge < -0.3 is 15.2 Å². The highest BCUT2D eigenvalue weighted by Crippen LogP contribution is 2.39. The van der Waals surface area contributed by atoms with E-state index in [4.69, 9.17) is 0 Å². The van der Waals surface area contributed by atoms with Crippen LogP contribution in [0.3, 0.4) is 0 Å². The maximum Gasteiger partial charge on any atom is 0.304 e. The van der Waals surface area contributed by atoms with Gasteiger partial charge in [0.25, 0.3) is 6.36 Å². The number of aliphatic hydroxyl groups is 1. The van der Waals surface area contributed by atoms with Gasteiger partial charge >= 0.3 is 6.43 Å². The first-order valence-corrected chi connectivity index (χ1v) is 13.9. The molecule has 0 aromatic carbocycles. The van der Waals surface area contributed by atoms with Crippen LogP contribution < -0.4 is 10.1 Å². The zero-order valence-corrected chi connectivity index (χ0v) is 22.7. The zero-order chi connectivity index (χ0) is 28.5. The molecule has 8 nitrogen and oxygen atoms in total. The summed E-state index contributed by atoms with van der Waals surface area (Å²) in [5, 5.41) is 28.1. The number of hydrogen-bond donors (Lipinski definition) is 2. The van der Waals surface area contributed by atoms with Crippen LogP contribution >= 0.6 is 11.8 Å². The number of ether oxygens (including phenoxy) is 1. The Morgan fingerprint density at radius 1 is 1.36 bits per heavy atom. The van der Waals surface area contributed by atoms with E-state index in [9.17, 15) is 32.7 Å². The largest absolute Gasteiger partial charge is 0.437 e.